The van der Waals surface area contributed by atoms with E-state index in [1.807, 2.05) is 0 Å². The maximum atomic E-state index is 12.6. The predicted octanol–water partition coefficient (Wildman–Crippen LogP) is 2.92. The largest absolute Gasteiger partial charge is 0.378 e. The van der Waals surface area contributed by atoms with Gasteiger partial charge in [0.25, 0.3) is 6.43 Å². The van der Waals surface area contributed by atoms with Crippen molar-refractivity contribution in [1.82, 2.24) is 4.90 Å². The molecule has 0 amide bonds. The molecule has 1 aromatic rings. The van der Waals surface area contributed by atoms with E-state index >= 15 is 0 Å². The molecule has 0 saturated carbocycles. The molecule has 3 nitrogen and oxygen atoms in total. The number of piperidine rings is 1. The second-order valence-corrected chi connectivity index (χ2v) is 5.97. The van der Waals surface area contributed by atoms with E-state index in [1.165, 1.54) is 24.3 Å². The third-order valence-corrected chi connectivity index (χ3v) is 4.70. The van der Waals surface area contributed by atoms with Gasteiger partial charge in [0.05, 0.1) is 13.2 Å². The number of fused-ring (bicyclic) bond motifs is 2. The van der Waals surface area contributed by atoms with Gasteiger partial charge in [0, 0.05) is 29.1 Å². The van der Waals surface area contributed by atoms with Crippen molar-refractivity contribution in [2.75, 3.05) is 20.3 Å². The monoisotopic (exact) mass is 295 g/mol. The second-order valence-electron chi connectivity index (χ2n) is 5.97. The number of likely N-dealkylation sites (N-methyl/N-ethyl adjacent to an activating group) is 1. The lowest BCUT2D eigenvalue weighted by Gasteiger charge is -2.46. The van der Waals surface area contributed by atoms with Crippen molar-refractivity contribution < 1.29 is 18.3 Å². The molecular formula is C16H19F2NO2. The molecule has 1 aromatic carbocycles. The molecule has 5 heteroatoms. The van der Waals surface area contributed by atoms with Gasteiger partial charge in [-0.25, -0.2) is 8.78 Å². The van der Waals surface area contributed by atoms with Crippen LogP contribution in [-0.4, -0.2) is 43.0 Å². The number of rotatable bonds is 3. The summed E-state index contributed by atoms with van der Waals surface area (Å²) >= 11 is 0. The van der Waals surface area contributed by atoms with Crippen molar-refractivity contribution in [3.8, 4) is 0 Å². The quantitative estimate of drug-likeness (QED) is 0.803. The first kappa shape index (κ1) is 14.6. The minimum atomic E-state index is -2.49. The molecule has 3 rings (SSSR count). The lowest BCUT2D eigenvalue weighted by atomic mass is 9.81. The van der Waals surface area contributed by atoms with E-state index in [9.17, 15) is 13.6 Å². The fraction of sp³-hybridized carbons (Fsp3) is 0.562. The number of alkyl halides is 2. The average molecular weight is 295 g/mol. The van der Waals surface area contributed by atoms with Gasteiger partial charge in [0.2, 0.25) is 0 Å². The number of ketones is 1. The molecule has 0 radical (unpaired) electrons. The number of nitrogens with zero attached hydrogens (tertiary/aromatic N) is 1. The van der Waals surface area contributed by atoms with Crippen LogP contribution in [0.4, 0.5) is 8.78 Å². The maximum absolute atomic E-state index is 12.6. The predicted molar refractivity (Wildman–Crippen MR) is 74.6 cm³/mol. The summed E-state index contributed by atoms with van der Waals surface area (Å²) in [6, 6.07) is 6.30. The number of hydrogen-bond acceptors (Lipinski definition) is 3. The Hall–Kier alpha value is -1.33. The highest BCUT2D eigenvalue weighted by molar-refractivity contribution is 5.98. The molecule has 2 aliphatic heterocycles. The van der Waals surface area contributed by atoms with Crippen molar-refractivity contribution in [2.45, 2.75) is 31.4 Å². The SMILES string of the molecule is CN1C2COCC1CC(C(=O)c1ccc(C(F)F)cc1)C2. The van der Waals surface area contributed by atoms with Crippen molar-refractivity contribution >= 4 is 5.78 Å². The van der Waals surface area contributed by atoms with Crippen LogP contribution in [0, 0.1) is 5.92 Å². The molecule has 114 valence electrons. The highest BCUT2D eigenvalue weighted by Crippen LogP contribution is 2.32. The molecule has 0 aromatic heterocycles. The Morgan fingerprint density at radius 2 is 1.76 bits per heavy atom. The number of carbonyl (C=O) groups is 1. The van der Waals surface area contributed by atoms with Crippen molar-refractivity contribution in [3.63, 3.8) is 0 Å². The Bertz CT molecular complexity index is 504. The van der Waals surface area contributed by atoms with Crippen molar-refractivity contribution in [1.29, 1.82) is 0 Å². The van der Waals surface area contributed by atoms with Crippen molar-refractivity contribution in [3.05, 3.63) is 35.4 Å². The zero-order valence-corrected chi connectivity index (χ0v) is 12.0. The lowest BCUT2D eigenvalue weighted by Crippen LogP contribution is -2.55. The van der Waals surface area contributed by atoms with Gasteiger partial charge >= 0.3 is 0 Å². The topological polar surface area (TPSA) is 29.5 Å². The van der Waals surface area contributed by atoms with E-state index in [2.05, 4.69) is 11.9 Å². The zero-order chi connectivity index (χ0) is 15.0. The van der Waals surface area contributed by atoms with Gasteiger partial charge in [-0.1, -0.05) is 24.3 Å². The summed E-state index contributed by atoms with van der Waals surface area (Å²) in [7, 11) is 2.08. The van der Waals surface area contributed by atoms with Gasteiger partial charge in [0.1, 0.15) is 0 Å². The smallest absolute Gasteiger partial charge is 0.263 e. The average Bonchev–Trinajstić information content (AvgIpc) is 2.46. The van der Waals surface area contributed by atoms with E-state index in [1.54, 1.807) is 0 Å². The van der Waals surface area contributed by atoms with E-state index in [-0.39, 0.29) is 29.3 Å². The molecule has 2 aliphatic rings. The summed E-state index contributed by atoms with van der Waals surface area (Å²) in [5.74, 6) is 0.0401. The van der Waals surface area contributed by atoms with Gasteiger partial charge in [-0.3, -0.25) is 9.69 Å². The molecule has 2 saturated heterocycles. The highest BCUT2D eigenvalue weighted by Gasteiger charge is 2.39. The van der Waals surface area contributed by atoms with Gasteiger partial charge in [-0.05, 0) is 19.9 Å². The maximum Gasteiger partial charge on any atom is 0.263 e. The second kappa shape index (κ2) is 5.81. The van der Waals surface area contributed by atoms with Gasteiger partial charge < -0.3 is 4.74 Å². The fourth-order valence-corrected chi connectivity index (χ4v) is 3.34. The van der Waals surface area contributed by atoms with E-state index in [0.717, 1.165) is 12.8 Å². The number of carbonyl (C=O) groups excluding carboxylic acids is 1. The van der Waals surface area contributed by atoms with Crippen LogP contribution in [0.25, 0.3) is 0 Å². The van der Waals surface area contributed by atoms with Crippen LogP contribution in [0.1, 0.15) is 35.2 Å². The van der Waals surface area contributed by atoms with Crippen LogP contribution >= 0.6 is 0 Å². The molecule has 2 fully saturated rings. The summed E-state index contributed by atoms with van der Waals surface area (Å²) in [6.07, 6.45) is -0.931. The van der Waals surface area contributed by atoms with E-state index in [4.69, 9.17) is 4.74 Å². The zero-order valence-electron chi connectivity index (χ0n) is 12.0. The van der Waals surface area contributed by atoms with Crippen LogP contribution in [0.3, 0.4) is 0 Å². The Morgan fingerprint density at radius 1 is 1.19 bits per heavy atom. The van der Waals surface area contributed by atoms with E-state index < -0.39 is 6.43 Å². The summed E-state index contributed by atoms with van der Waals surface area (Å²) in [5.41, 5.74) is 0.494. The molecule has 2 heterocycles. The van der Waals surface area contributed by atoms with Gasteiger partial charge in [-0.2, -0.15) is 0 Å². The molecule has 0 N–H and O–H groups in total. The van der Waals surface area contributed by atoms with Crippen LogP contribution in [0.2, 0.25) is 0 Å². The normalized spacial score (nSPS) is 29.6. The number of benzene rings is 1. The third-order valence-electron chi connectivity index (χ3n) is 4.70. The Morgan fingerprint density at radius 3 is 2.29 bits per heavy atom. The molecule has 2 bridgehead atoms. The van der Waals surface area contributed by atoms with Gasteiger partial charge in [0.15, 0.2) is 5.78 Å². The minimum Gasteiger partial charge on any atom is -0.378 e. The molecular weight excluding hydrogens is 276 g/mol. The summed E-state index contributed by atoms with van der Waals surface area (Å²) in [6.45, 7) is 1.34. The van der Waals surface area contributed by atoms with Crippen LogP contribution in [0.15, 0.2) is 24.3 Å². The first-order valence-corrected chi connectivity index (χ1v) is 7.28. The Balaban J connectivity index is 1.73. The Kier molecular flexibility index (Phi) is 4.04. The fourth-order valence-electron chi connectivity index (χ4n) is 3.34. The Labute approximate surface area is 122 Å². The highest BCUT2D eigenvalue weighted by atomic mass is 19.3. The molecule has 21 heavy (non-hydrogen) atoms. The first-order valence-electron chi connectivity index (χ1n) is 7.28. The molecule has 0 spiro atoms. The van der Waals surface area contributed by atoms with Crippen LogP contribution in [0.5, 0.6) is 0 Å². The first-order chi connectivity index (χ1) is 10.1. The van der Waals surface area contributed by atoms with E-state index in [0.29, 0.717) is 18.8 Å². The number of hydrogen-bond donors (Lipinski definition) is 0. The number of ether oxygens (including phenoxy) is 1. The number of Topliss-reactive ketones (excluding diaryl/α,β-unsaturated/α-hetero) is 1. The molecule has 2 atom stereocenters. The standard InChI is InChI=1S/C16H19F2NO2/c1-19-13-6-12(7-14(19)9-21-8-13)15(20)10-2-4-11(5-3-10)16(17)18/h2-5,12-14,16H,6-9H2,1H3. The summed E-state index contributed by atoms with van der Waals surface area (Å²) < 4.78 is 30.6. The van der Waals surface area contributed by atoms with Crippen LogP contribution in [-0.2, 0) is 4.74 Å². The van der Waals surface area contributed by atoms with Crippen LogP contribution < -0.4 is 0 Å². The van der Waals surface area contributed by atoms with Gasteiger partial charge in [-0.15, -0.1) is 0 Å². The lowest BCUT2D eigenvalue weighted by molar-refractivity contribution is -0.0702. The molecule has 0 aliphatic carbocycles. The third kappa shape index (κ3) is 2.85. The summed E-state index contributed by atoms with van der Waals surface area (Å²) in [5, 5.41) is 0. The van der Waals surface area contributed by atoms with Crippen molar-refractivity contribution in [2.24, 2.45) is 5.92 Å². The minimum absolute atomic E-state index is 0.0301. The summed E-state index contributed by atoms with van der Waals surface area (Å²) in [4.78, 5) is 14.9. The number of halogens is 2. The molecule has 2 unspecified atom stereocenters. The number of morpholine rings is 1.